The summed E-state index contributed by atoms with van der Waals surface area (Å²) >= 11 is 0. The number of hydrogen-bond donors (Lipinski definition) is 3. The van der Waals surface area contributed by atoms with Crippen molar-refractivity contribution in [2.45, 2.75) is 64.0 Å². The maximum absolute atomic E-state index is 12.0. The van der Waals surface area contributed by atoms with Crippen molar-refractivity contribution in [2.24, 2.45) is 0 Å². The minimum absolute atomic E-state index is 0.0385. The second kappa shape index (κ2) is 8.72. The van der Waals surface area contributed by atoms with Crippen molar-refractivity contribution in [1.29, 1.82) is 0 Å². The van der Waals surface area contributed by atoms with Crippen molar-refractivity contribution < 1.29 is 19.1 Å². The fourth-order valence-corrected chi connectivity index (χ4v) is 2.67. The van der Waals surface area contributed by atoms with Crippen LogP contribution in [0.25, 0.3) is 0 Å². The Morgan fingerprint density at radius 3 is 2.68 bits per heavy atom. The lowest BCUT2D eigenvalue weighted by atomic mass is 9.95. The molecule has 1 aromatic heterocycles. The van der Waals surface area contributed by atoms with Gasteiger partial charge in [-0.2, -0.15) is 0 Å². The predicted octanol–water partition coefficient (Wildman–Crippen LogP) is 1.97. The predicted molar refractivity (Wildman–Crippen MR) is 93.8 cm³/mol. The van der Waals surface area contributed by atoms with E-state index in [-0.39, 0.29) is 36.6 Å². The van der Waals surface area contributed by atoms with Crippen molar-refractivity contribution in [3.63, 3.8) is 0 Å². The molecule has 0 spiro atoms. The van der Waals surface area contributed by atoms with Gasteiger partial charge >= 0.3 is 0 Å². The summed E-state index contributed by atoms with van der Waals surface area (Å²) < 4.78 is 5.32. The molecular formula is C19H26N2O4. The molecule has 1 aliphatic rings. The third-order valence-corrected chi connectivity index (χ3v) is 3.93. The van der Waals surface area contributed by atoms with Crippen molar-refractivity contribution in [1.82, 2.24) is 10.6 Å². The van der Waals surface area contributed by atoms with Gasteiger partial charge in [0.2, 0.25) is 5.91 Å². The maximum atomic E-state index is 12.0. The topological polar surface area (TPSA) is 91.6 Å². The summed E-state index contributed by atoms with van der Waals surface area (Å²) in [4.78, 5) is 23.9. The highest BCUT2D eigenvalue weighted by Gasteiger charge is 2.16. The van der Waals surface area contributed by atoms with E-state index in [2.05, 4.69) is 22.5 Å². The van der Waals surface area contributed by atoms with Gasteiger partial charge in [0, 0.05) is 19.0 Å². The number of carbonyl (C=O) groups is 2. The lowest BCUT2D eigenvalue weighted by Crippen LogP contribution is -2.38. The highest BCUT2D eigenvalue weighted by molar-refractivity contribution is 5.91. The van der Waals surface area contributed by atoms with E-state index >= 15 is 0 Å². The fourth-order valence-electron chi connectivity index (χ4n) is 2.67. The van der Waals surface area contributed by atoms with Crippen LogP contribution in [0.2, 0.25) is 0 Å². The average Bonchev–Trinajstić information content (AvgIpc) is 3.02. The van der Waals surface area contributed by atoms with Gasteiger partial charge in [-0.3, -0.25) is 9.59 Å². The normalized spacial score (nSPS) is 15.2. The van der Waals surface area contributed by atoms with Crippen LogP contribution in [0, 0.1) is 11.8 Å². The SMILES string of the molecule is CC(C)(O)C#Cc1ccc(C(=O)NCCC(=O)NC2CCCCC2)o1. The first-order chi connectivity index (χ1) is 11.8. The quantitative estimate of drug-likeness (QED) is 0.711. The Bertz CT molecular complexity index is 655. The van der Waals surface area contributed by atoms with E-state index in [4.69, 9.17) is 4.42 Å². The molecule has 1 saturated carbocycles. The Kier molecular flexibility index (Phi) is 6.65. The van der Waals surface area contributed by atoms with Gasteiger partial charge in [-0.15, -0.1) is 0 Å². The lowest BCUT2D eigenvalue weighted by molar-refractivity contribution is -0.121. The molecule has 6 nitrogen and oxygen atoms in total. The van der Waals surface area contributed by atoms with Gasteiger partial charge in [0.25, 0.3) is 5.91 Å². The van der Waals surface area contributed by atoms with Crippen LogP contribution >= 0.6 is 0 Å². The summed E-state index contributed by atoms with van der Waals surface area (Å²) in [6.07, 6.45) is 5.90. The van der Waals surface area contributed by atoms with Gasteiger partial charge < -0.3 is 20.2 Å². The monoisotopic (exact) mass is 346 g/mol. The van der Waals surface area contributed by atoms with Crippen LogP contribution in [-0.4, -0.2) is 35.1 Å². The molecule has 2 amide bonds. The number of furan rings is 1. The van der Waals surface area contributed by atoms with Gasteiger partial charge in [-0.05, 0) is 44.7 Å². The van der Waals surface area contributed by atoms with Crippen LogP contribution in [0.4, 0.5) is 0 Å². The van der Waals surface area contributed by atoms with E-state index in [1.54, 1.807) is 19.9 Å². The number of amides is 2. The summed E-state index contributed by atoms with van der Waals surface area (Å²) in [5, 5.41) is 15.2. The molecule has 0 atom stereocenters. The summed E-state index contributed by atoms with van der Waals surface area (Å²) in [5.41, 5.74) is -1.12. The van der Waals surface area contributed by atoms with E-state index in [0.717, 1.165) is 12.8 Å². The minimum atomic E-state index is -1.12. The van der Waals surface area contributed by atoms with Crippen molar-refractivity contribution >= 4 is 11.8 Å². The Balaban J connectivity index is 1.73. The van der Waals surface area contributed by atoms with Gasteiger partial charge in [0.05, 0.1) is 0 Å². The standard InChI is InChI=1S/C19H26N2O4/c1-19(2,24)12-10-15-8-9-16(25-15)18(23)20-13-11-17(22)21-14-6-4-3-5-7-14/h8-9,14,24H,3-7,11,13H2,1-2H3,(H,20,23)(H,21,22). The maximum Gasteiger partial charge on any atom is 0.287 e. The van der Waals surface area contributed by atoms with E-state index in [1.807, 2.05) is 0 Å². The van der Waals surface area contributed by atoms with Crippen LogP contribution in [-0.2, 0) is 4.79 Å². The zero-order valence-corrected chi connectivity index (χ0v) is 14.9. The molecule has 3 N–H and O–H groups in total. The number of nitrogens with one attached hydrogen (secondary N) is 2. The molecule has 0 aliphatic heterocycles. The number of carbonyl (C=O) groups excluding carboxylic acids is 2. The second-order valence-electron chi connectivity index (χ2n) is 6.88. The first kappa shape index (κ1) is 19.1. The molecule has 0 bridgehead atoms. The van der Waals surface area contributed by atoms with Crippen LogP contribution in [0.3, 0.4) is 0 Å². The van der Waals surface area contributed by atoms with Crippen LogP contribution < -0.4 is 10.6 Å². The first-order valence-electron chi connectivity index (χ1n) is 8.76. The molecule has 1 aliphatic carbocycles. The highest BCUT2D eigenvalue weighted by atomic mass is 16.3. The largest absolute Gasteiger partial charge is 0.443 e. The molecule has 1 fully saturated rings. The Morgan fingerprint density at radius 1 is 1.28 bits per heavy atom. The third kappa shape index (κ3) is 7.02. The summed E-state index contributed by atoms with van der Waals surface area (Å²) in [6.45, 7) is 3.38. The van der Waals surface area contributed by atoms with Gasteiger partial charge in [-0.1, -0.05) is 25.2 Å². The number of rotatable bonds is 5. The zero-order valence-electron chi connectivity index (χ0n) is 14.9. The van der Waals surface area contributed by atoms with E-state index in [1.165, 1.54) is 25.3 Å². The molecule has 2 rings (SSSR count). The van der Waals surface area contributed by atoms with Crippen molar-refractivity contribution in [3.05, 3.63) is 23.7 Å². The smallest absolute Gasteiger partial charge is 0.287 e. The Hall–Kier alpha value is -2.26. The van der Waals surface area contributed by atoms with E-state index in [9.17, 15) is 14.7 Å². The second-order valence-corrected chi connectivity index (χ2v) is 6.88. The van der Waals surface area contributed by atoms with Gasteiger partial charge in [-0.25, -0.2) is 0 Å². The Labute approximate surface area is 148 Å². The number of aliphatic hydroxyl groups is 1. The summed E-state index contributed by atoms with van der Waals surface area (Å²) in [7, 11) is 0. The molecule has 1 aromatic rings. The lowest BCUT2D eigenvalue weighted by Gasteiger charge is -2.22. The molecule has 0 saturated heterocycles. The van der Waals surface area contributed by atoms with Crippen molar-refractivity contribution in [2.75, 3.05) is 6.54 Å². The average molecular weight is 346 g/mol. The van der Waals surface area contributed by atoms with Crippen LogP contribution in [0.1, 0.15) is 68.7 Å². The molecule has 25 heavy (non-hydrogen) atoms. The summed E-state index contributed by atoms with van der Waals surface area (Å²) in [6, 6.07) is 3.37. The summed E-state index contributed by atoms with van der Waals surface area (Å²) in [5.74, 6) is 5.30. The molecule has 1 heterocycles. The van der Waals surface area contributed by atoms with Crippen molar-refractivity contribution in [3.8, 4) is 11.8 Å². The Morgan fingerprint density at radius 2 is 2.00 bits per heavy atom. The zero-order chi connectivity index (χ0) is 18.3. The van der Waals surface area contributed by atoms with Crippen LogP contribution in [0.5, 0.6) is 0 Å². The van der Waals surface area contributed by atoms with Crippen LogP contribution in [0.15, 0.2) is 16.5 Å². The first-order valence-corrected chi connectivity index (χ1v) is 8.76. The van der Waals surface area contributed by atoms with E-state index < -0.39 is 5.60 Å². The minimum Gasteiger partial charge on any atom is -0.443 e. The molecule has 6 heteroatoms. The fraction of sp³-hybridized carbons (Fsp3) is 0.579. The highest BCUT2D eigenvalue weighted by Crippen LogP contribution is 2.17. The van der Waals surface area contributed by atoms with Gasteiger partial charge in [0.15, 0.2) is 11.5 Å². The molecule has 0 radical (unpaired) electrons. The molecule has 0 unspecified atom stereocenters. The number of hydrogen-bond acceptors (Lipinski definition) is 4. The van der Waals surface area contributed by atoms with E-state index in [0.29, 0.717) is 5.76 Å². The molecule has 0 aromatic carbocycles. The third-order valence-electron chi connectivity index (χ3n) is 3.93. The van der Waals surface area contributed by atoms with Gasteiger partial charge in [0.1, 0.15) is 5.60 Å². The molecular weight excluding hydrogens is 320 g/mol. The molecule has 136 valence electrons.